The van der Waals surface area contributed by atoms with Gasteiger partial charge in [0.1, 0.15) is 17.1 Å². The van der Waals surface area contributed by atoms with Gasteiger partial charge >= 0.3 is 12.1 Å². The molecular weight excluding hydrogens is 351 g/mol. The number of rotatable bonds is 5. The van der Waals surface area contributed by atoms with Crippen LogP contribution in [0.5, 0.6) is 0 Å². The van der Waals surface area contributed by atoms with Gasteiger partial charge in [0.25, 0.3) is 0 Å². The topological polar surface area (TPSA) is 69.6 Å². The number of ether oxygens (including phenoxy) is 2. The molecule has 6 nitrogen and oxygen atoms in total. The zero-order valence-corrected chi connectivity index (χ0v) is 16.7. The SMILES string of the molecule is CCOC(=O)c1cc2c(C)ccc(F)c2n1[C@H](C)CNC(=O)OC(C)(C)C. The summed E-state index contributed by atoms with van der Waals surface area (Å²) < 4.78 is 26.5. The predicted molar refractivity (Wildman–Crippen MR) is 102 cm³/mol. The van der Waals surface area contributed by atoms with Crippen LogP contribution in [-0.4, -0.2) is 35.4 Å². The molecule has 148 valence electrons. The van der Waals surface area contributed by atoms with E-state index in [0.29, 0.717) is 10.9 Å². The number of aryl methyl sites for hydroxylation is 1. The lowest BCUT2D eigenvalue weighted by molar-refractivity contribution is 0.0512. The summed E-state index contributed by atoms with van der Waals surface area (Å²) in [7, 11) is 0. The van der Waals surface area contributed by atoms with Crippen molar-refractivity contribution in [1.29, 1.82) is 0 Å². The van der Waals surface area contributed by atoms with E-state index in [0.717, 1.165) is 5.56 Å². The van der Waals surface area contributed by atoms with Gasteiger partial charge in [-0.05, 0) is 59.2 Å². The molecule has 1 aromatic heterocycles. The second-order valence-corrected chi connectivity index (χ2v) is 7.48. The lowest BCUT2D eigenvalue weighted by Gasteiger charge is -2.22. The number of nitrogens with one attached hydrogen (secondary N) is 1. The number of carbonyl (C=O) groups is 2. The Morgan fingerprint density at radius 2 is 1.96 bits per heavy atom. The summed E-state index contributed by atoms with van der Waals surface area (Å²) in [6, 6.07) is 4.28. The molecule has 0 saturated heterocycles. The van der Waals surface area contributed by atoms with E-state index < -0.39 is 29.5 Å². The molecular formula is C20H27FN2O4. The number of benzene rings is 1. The van der Waals surface area contributed by atoms with Gasteiger partial charge < -0.3 is 19.4 Å². The van der Waals surface area contributed by atoms with E-state index in [2.05, 4.69) is 5.32 Å². The minimum atomic E-state index is -0.618. The molecule has 0 saturated carbocycles. The minimum absolute atomic E-state index is 0.165. The summed E-state index contributed by atoms with van der Waals surface area (Å²) >= 11 is 0. The van der Waals surface area contributed by atoms with Crippen molar-refractivity contribution in [3.8, 4) is 0 Å². The highest BCUT2D eigenvalue weighted by Gasteiger charge is 2.24. The Bertz CT molecular complexity index is 852. The van der Waals surface area contributed by atoms with Crippen LogP contribution < -0.4 is 5.32 Å². The fraction of sp³-hybridized carbons (Fsp3) is 0.500. The molecule has 0 aliphatic rings. The zero-order valence-electron chi connectivity index (χ0n) is 16.7. The van der Waals surface area contributed by atoms with Crippen molar-refractivity contribution in [3.63, 3.8) is 0 Å². The van der Waals surface area contributed by atoms with Gasteiger partial charge in [-0.1, -0.05) is 6.07 Å². The summed E-state index contributed by atoms with van der Waals surface area (Å²) in [4.78, 5) is 24.3. The molecule has 1 amide bonds. The molecule has 1 atom stereocenters. The van der Waals surface area contributed by atoms with Gasteiger partial charge in [-0.2, -0.15) is 0 Å². The molecule has 0 radical (unpaired) electrons. The summed E-state index contributed by atoms with van der Waals surface area (Å²) in [5, 5.41) is 3.31. The van der Waals surface area contributed by atoms with E-state index in [1.807, 2.05) is 6.92 Å². The molecule has 0 aliphatic carbocycles. The first-order valence-electron chi connectivity index (χ1n) is 8.99. The maximum Gasteiger partial charge on any atom is 0.407 e. The number of hydrogen-bond donors (Lipinski definition) is 1. The number of hydrogen-bond acceptors (Lipinski definition) is 4. The summed E-state index contributed by atoms with van der Waals surface area (Å²) in [5.74, 6) is -0.966. The average molecular weight is 378 g/mol. The highest BCUT2D eigenvalue weighted by Crippen LogP contribution is 2.29. The molecule has 27 heavy (non-hydrogen) atoms. The molecule has 2 rings (SSSR count). The van der Waals surface area contributed by atoms with Crippen LogP contribution in [0.1, 0.15) is 56.7 Å². The van der Waals surface area contributed by atoms with Gasteiger partial charge in [-0.15, -0.1) is 0 Å². The van der Waals surface area contributed by atoms with Crippen molar-refractivity contribution >= 4 is 23.0 Å². The third-order valence-electron chi connectivity index (χ3n) is 4.03. The van der Waals surface area contributed by atoms with Crippen LogP contribution >= 0.6 is 0 Å². The summed E-state index contributed by atoms with van der Waals surface area (Å²) in [6.07, 6.45) is -0.569. The van der Waals surface area contributed by atoms with Gasteiger partial charge in [0.2, 0.25) is 0 Å². The second kappa shape index (κ2) is 7.98. The zero-order chi connectivity index (χ0) is 20.4. The van der Waals surface area contributed by atoms with E-state index in [-0.39, 0.29) is 18.8 Å². The maximum absolute atomic E-state index is 14.6. The van der Waals surface area contributed by atoms with Crippen LogP contribution in [0.15, 0.2) is 18.2 Å². The molecule has 1 N–H and O–H groups in total. The molecule has 0 unspecified atom stereocenters. The summed E-state index contributed by atoms with van der Waals surface area (Å²) in [5.41, 5.74) is 0.797. The second-order valence-electron chi connectivity index (χ2n) is 7.48. The normalized spacial score (nSPS) is 12.7. The molecule has 0 aliphatic heterocycles. The van der Waals surface area contributed by atoms with Crippen molar-refractivity contribution in [2.24, 2.45) is 0 Å². The van der Waals surface area contributed by atoms with Gasteiger partial charge in [0.15, 0.2) is 0 Å². The first-order chi connectivity index (χ1) is 12.5. The number of nitrogens with zero attached hydrogens (tertiary/aromatic N) is 1. The number of alkyl carbamates (subject to hydrolysis) is 1. The number of fused-ring (bicyclic) bond motifs is 1. The Balaban J connectivity index is 2.39. The van der Waals surface area contributed by atoms with Crippen molar-refractivity contribution < 1.29 is 23.5 Å². The molecule has 1 heterocycles. The Morgan fingerprint density at radius 1 is 1.30 bits per heavy atom. The summed E-state index contributed by atoms with van der Waals surface area (Å²) in [6.45, 7) is 11.0. The largest absolute Gasteiger partial charge is 0.461 e. The number of halogens is 1. The third kappa shape index (κ3) is 4.78. The van der Waals surface area contributed by atoms with Gasteiger partial charge in [-0.25, -0.2) is 14.0 Å². The van der Waals surface area contributed by atoms with Crippen LogP contribution in [-0.2, 0) is 9.47 Å². The average Bonchev–Trinajstić information content (AvgIpc) is 2.97. The Morgan fingerprint density at radius 3 is 2.56 bits per heavy atom. The van der Waals surface area contributed by atoms with Crippen molar-refractivity contribution in [1.82, 2.24) is 9.88 Å². The van der Waals surface area contributed by atoms with Crippen LogP contribution in [0.3, 0.4) is 0 Å². The standard InChI is InChI=1S/C20H27FN2O4/c1-7-26-18(24)16-10-14-12(2)8-9-15(21)17(14)23(16)13(3)11-22-19(25)27-20(4,5)6/h8-10,13H,7,11H2,1-6H3,(H,22,25)/t13-/m1/s1. The molecule has 2 aromatic rings. The molecule has 1 aromatic carbocycles. The smallest absolute Gasteiger partial charge is 0.407 e. The fourth-order valence-electron chi connectivity index (χ4n) is 2.89. The fourth-order valence-corrected chi connectivity index (χ4v) is 2.89. The highest BCUT2D eigenvalue weighted by molar-refractivity contribution is 5.97. The number of carbonyl (C=O) groups excluding carboxylic acids is 2. The van der Waals surface area contributed by atoms with Crippen LogP contribution in [0.25, 0.3) is 10.9 Å². The van der Waals surface area contributed by atoms with Crippen LogP contribution in [0, 0.1) is 12.7 Å². The lowest BCUT2D eigenvalue weighted by Crippen LogP contribution is -2.35. The Labute approximate surface area is 158 Å². The Hall–Kier alpha value is -2.57. The predicted octanol–water partition coefficient (Wildman–Crippen LogP) is 4.35. The first-order valence-corrected chi connectivity index (χ1v) is 8.99. The van der Waals surface area contributed by atoms with E-state index in [9.17, 15) is 14.0 Å². The highest BCUT2D eigenvalue weighted by atomic mass is 19.1. The quantitative estimate of drug-likeness (QED) is 0.785. The van der Waals surface area contributed by atoms with Gasteiger partial charge in [0.05, 0.1) is 12.1 Å². The van der Waals surface area contributed by atoms with Gasteiger partial charge in [-0.3, -0.25) is 0 Å². The van der Waals surface area contributed by atoms with Crippen molar-refractivity contribution in [3.05, 3.63) is 35.3 Å². The van der Waals surface area contributed by atoms with E-state index in [4.69, 9.17) is 9.47 Å². The van der Waals surface area contributed by atoms with Crippen molar-refractivity contribution in [2.75, 3.05) is 13.2 Å². The third-order valence-corrected chi connectivity index (χ3v) is 4.03. The number of aromatic nitrogens is 1. The number of amides is 1. The maximum atomic E-state index is 14.6. The molecule has 0 spiro atoms. The Kier molecular flexibility index (Phi) is 6.13. The minimum Gasteiger partial charge on any atom is -0.461 e. The van der Waals surface area contributed by atoms with Crippen LogP contribution in [0.2, 0.25) is 0 Å². The molecule has 7 heteroatoms. The van der Waals surface area contributed by atoms with Crippen molar-refractivity contribution in [2.45, 2.75) is 53.2 Å². The number of esters is 1. The molecule has 0 bridgehead atoms. The monoisotopic (exact) mass is 378 g/mol. The lowest BCUT2D eigenvalue weighted by atomic mass is 10.1. The first kappa shape index (κ1) is 20.7. The van der Waals surface area contributed by atoms with Gasteiger partial charge in [0, 0.05) is 18.0 Å². The van der Waals surface area contributed by atoms with E-state index in [1.165, 1.54) is 6.07 Å². The van der Waals surface area contributed by atoms with E-state index >= 15 is 0 Å². The van der Waals surface area contributed by atoms with E-state index in [1.54, 1.807) is 51.3 Å². The molecule has 0 fully saturated rings. The van der Waals surface area contributed by atoms with Crippen LogP contribution in [0.4, 0.5) is 9.18 Å².